The van der Waals surface area contributed by atoms with Crippen LogP contribution in [0.3, 0.4) is 0 Å². The van der Waals surface area contributed by atoms with Crippen molar-refractivity contribution in [3.8, 4) is 17.4 Å². The predicted octanol–water partition coefficient (Wildman–Crippen LogP) is 4.52. The van der Waals surface area contributed by atoms with Crippen molar-refractivity contribution >= 4 is 17.5 Å². The lowest BCUT2D eigenvalue weighted by Crippen LogP contribution is -2.16. The molecule has 0 aliphatic rings. The van der Waals surface area contributed by atoms with Crippen LogP contribution in [0.2, 0.25) is 5.02 Å². The molecule has 3 aromatic rings. The van der Waals surface area contributed by atoms with Gasteiger partial charge >= 0.3 is 6.01 Å². The summed E-state index contributed by atoms with van der Waals surface area (Å²) in [4.78, 5) is 12.2. The molecule has 1 heterocycles. The van der Waals surface area contributed by atoms with Crippen molar-refractivity contribution < 1.29 is 21.4 Å². The summed E-state index contributed by atoms with van der Waals surface area (Å²) >= 11 is 6.18. The molecule has 30 heavy (non-hydrogen) atoms. The summed E-state index contributed by atoms with van der Waals surface area (Å²) < 4.78 is 45.0. The first-order valence-electron chi connectivity index (χ1n) is 10.1. The van der Waals surface area contributed by atoms with E-state index in [1.54, 1.807) is 44.2 Å². The highest BCUT2D eigenvalue weighted by atomic mass is 35.5. The van der Waals surface area contributed by atoms with Crippen molar-refractivity contribution in [3.63, 3.8) is 0 Å². The Labute approximate surface area is 180 Å². The second kappa shape index (κ2) is 9.32. The lowest BCUT2D eigenvalue weighted by atomic mass is 9.96. The second-order valence-corrected chi connectivity index (χ2v) is 7.41. The number of nitrogens with one attached hydrogen (secondary N) is 1. The fourth-order valence-electron chi connectivity index (χ4n) is 2.75. The van der Waals surface area contributed by atoms with E-state index < -0.39 is 18.4 Å². The zero-order chi connectivity index (χ0) is 23.5. The number of hydrogen-bond acceptors (Lipinski definition) is 6. The highest BCUT2D eigenvalue weighted by Gasteiger charge is 2.21. The van der Waals surface area contributed by atoms with Crippen molar-refractivity contribution in [3.05, 3.63) is 64.4 Å². The van der Waals surface area contributed by atoms with Gasteiger partial charge in [-0.3, -0.25) is 0 Å². The SMILES string of the molecule is [2H]C([2H])([18F])Oc1nc(NCCc2ccc(F)cc2)nc(-c2ccc(Cl)c(C(C)(C)O)c2)n1. The topological polar surface area (TPSA) is 80.2 Å². The number of hydrogen-bond donors (Lipinski definition) is 2. The number of nitrogens with zero attached hydrogens (tertiary/aromatic N) is 3. The van der Waals surface area contributed by atoms with Gasteiger partial charge < -0.3 is 15.2 Å². The first kappa shape index (κ1) is 19.1. The Morgan fingerprint density at radius 2 is 1.90 bits per heavy atom. The molecule has 0 aliphatic carbocycles. The molecule has 158 valence electrons. The van der Waals surface area contributed by atoms with Gasteiger partial charge in [0, 0.05) is 22.7 Å². The van der Waals surface area contributed by atoms with Crippen LogP contribution >= 0.6 is 11.6 Å². The predicted molar refractivity (Wildman–Crippen MR) is 111 cm³/mol. The van der Waals surface area contributed by atoms with Gasteiger partial charge in [0.2, 0.25) is 12.8 Å². The number of benzene rings is 2. The van der Waals surface area contributed by atoms with Gasteiger partial charge in [-0.05, 0) is 56.2 Å². The van der Waals surface area contributed by atoms with E-state index in [0.29, 0.717) is 29.1 Å². The zero-order valence-corrected chi connectivity index (χ0v) is 17.0. The Morgan fingerprint density at radius 1 is 1.17 bits per heavy atom. The zero-order valence-electron chi connectivity index (χ0n) is 18.3. The van der Waals surface area contributed by atoms with Gasteiger partial charge in [-0.1, -0.05) is 23.7 Å². The molecule has 1 aromatic heterocycles. The van der Waals surface area contributed by atoms with E-state index >= 15 is 0 Å². The quantitative estimate of drug-likeness (QED) is 0.541. The van der Waals surface area contributed by atoms with Crippen molar-refractivity contribution in [1.29, 1.82) is 0 Å². The van der Waals surface area contributed by atoms with E-state index in [2.05, 4.69) is 25.0 Å². The van der Waals surface area contributed by atoms with Crippen LogP contribution in [-0.2, 0) is 12.0 Å². The molecule has 2 N–H and O–H groups in total. The van der Waals surface area contributed by atoms with Gasteiger partial charge in [-0.25, -0.2) is 8.78 Å². The van der Waals surface area contributed by atoms with Gasteiger partial charge in [0.1, 0.15) is 8.56 Å². The smallest absolute Gasteiger partial charge is 0.324 e. The molecule has 0 amide bonds. The van der Waals surface area contributed by atoms with Crippen molar-refractivity contribution in [2.75, 3.05) is 18.7 Å². The van der Waals surface area contributed by atoms with Crippen molar-refractivity contribution in [2.45, 2.75) is 25.9 Å². The highest BCUT2D eigenvalue weighted by Crippen LogP contribution is 2.31. The number of anilines is 1. The van der Waals surface area contributed by atoms with Gasteiger partial charge in [0.25, 0.3) is 0 Å². The molecular formula is C21H21ClF2N4O2. The second-order valence-electron chi connectivity index (χ2n) is 7.00. The van der Waals surface area contributed by atoms with Gasteiger partial charge in [-0.15, -0.1) is 0 Å². The van der Waals surface area contributed by atoms with E-state index in [-0.39, 0.29) is 17.6 Å². The van der Waals surface area contributed by atoms with Crippen molar-refractivity contribution in [2.24, 2.45) is 0 Å². The van der Waals surface area contributed by atoms with Crippen LogP contribution in [0.25, 0.3) is 11.4 Å². The van der Waals surface area contributed by atoms with Crippen LogP contribution in [0, 0.1) is 5.82 Å². The monoisotopic (exact) mass is 435 g/mol. The largest absolute Gasteiger partial charge is 0.431 e. The maximum Gasteiger partial charge on any atom is 0.324 e. The van der Waals surface area contributed by atoms with E-state index in [1.807, 2.05) is 0 Å². The molecule has 0 radical (unpaired) electrons. The summed E-state index contributed by atoms with van der Waals surface area (Å²) in [6.07, 6.45) is 0.519. The van der Waals surface area contributed by atoms with Gasteiger partial charge in [-0.2, -0.15) is 15.0 Å². The summed E-state index contributed by atoms with van der Waals surface area (Å²) in [5.41, 5.74) is 0.481. The minimum Gasteiger partial charge on any atom is -0.431 e. The molecule has 0 atom stereocenters. The first-order valence-corrected chi connectivity index (χ1v) is 9.43. The Kier molecular flexibility index (Phi) is 5.94. The standard InChI is InChI=1S/C21H21ClF2N4O2/c1-21(2,29)16-11-14(5-8-17(16)22)18-26-19(28-20(27-18)30-12-23)25-10-9-13-3-6-15(24)7-4-13/h3-8,11,29H,9-10,12H2,1-2H3,(H,25,26,27,28)/i12D2,23-1. The normalized spacial score (nSPS) is 12.9. The number of halogens is 3. The van der Waals surface area contributed by atoms with E-state index in [1.165, 1.54) is 12.1 Å². The van der Waals surface area contributed by atoms with Crippen LogP contribution in [0.1, 0.15) is 27.7 Å². The maximum absolute atomic E-state index is 13.4. The molecule has 0 fully saturated rings. The van der Waals surface area contributed by atoms with Crippen LogP contribution in [0.15, 0.2) is 42.5 Å². The minimum absolute atomic E-state index is 0.0242. The molecule has 3 rings (SSSR count). The summed E-state index contributed by atoms with van der Waals surface area (Å²) in [5.74, 6) is -0.249. The van der Waals surface area contributed by atoms with E-state index in [9.17, 15) is 13.9 Å². The van der Waals surface area contributed by atoms with Crippen LogP contribution < -0.4 is 10.1 Å². The third-order valence-electron chi connectivity index (χ3n) is 4.24. The highest BCUT2D eigenvalue weighted by molar-refractivity contribution is 6.31. The van der Waals surface area contributed by atoms with Crippen LogP contribution in [0.4, 0.5) is 14.7 Å². The van der Waals surface area contributed by atoms with Crippen LogP contribution in [-0.4, -0.2) is 33.4 Å². The molecule has 0 unspecified atom stereocenters. The third kappa shape index (κ3) is 5.61. The van der Waals surface area contributed by atoms with Crippen molar-refractivity contribution in [1.82, 2.24) is 15.0 Å². The average Bonchev–Trinajstić information content (AvgIpc) is 2.67. The lowest BCUT2D eigenvalue weighted by Gasteiger charge is -2.20. The fraction of sp³-hybridized carbons (Fsp3) is 0.286. The molecule has 0 saturated heterocycles. The number of alkyl halides is 1. The number of rotatable bonds is 8. The fourth-order valence-corrected chi connectivity index (χ4v) is 3.10. The Morgan fingerprint density at radius 3 is 2.57 bits per heavy atom. The van der Waals surface area contributed by atoms with E-state index in [0.717, 1.165) is 5.56 Å². The Hall–Kier alpha value is -2.84. The summed E-state index contributed by atoms with van der Waals surface area (Å²) in [6, 6.07) is 10.2. The summed E-state index contributed by atoms with van der Waals surface area (Å²) in [6.45, 7) is -0.00510. The first-order chi connectivity index (χ1) is 14.9. The molecule has 6 nitrogen and oxygen atoms in total. The molecule has 0 aliphatic heterocycles. The lowest BCUT2D eigenvalue weighted by molar-refractivity contribution is 0.0787. The molecule has 0 saturated carbocycles. The third-order valence-corrected chi connectivity index (χ3v) is 4.57. The average molecular weight is 436 g/mol. The maximum atomic E-state index is 13.4. The summed E-state index contributed by atoms with van der Waals surface area (Å²) in [7, 11) is 0. The molecule has 2 aromatic carbocycles. The number of aliphatic hydroxyl groups is 1. The van der Waals surface area contributed by atoms with Gasteiger partial charge in [0.15, 0.2) is 5.82 Å². The van der Waals surface area contributed by atoms with Gasteiger partial charge in [0.05, 0.1) is 5.60 Å². The van der Waals surface area contributed by atoms with E-state index in [4.69, 9.17) is 14.3 Å². The number of ether oxygens (including phenoxy) is 1. The molecular weight excluding hydrogens is 413 g/mol. The minimum atomic E-state index is -3.50. The number of aromatic nitrogens is 3. The Bertz CT molecular complexity index is 1090. The Balaban J connectivity index is 1.90. The summed E-state index contributed by atoms with van der Waals surface area (Å²) in [5, 5.41) is 13.6. The van der Waals surface area contributed by atoms with Crippen LogP contribution in [0.5, 0.6) is 6.01 Å². The molecule has 9 heteroatoms. The molecule has 0 spiro atoms. The molecule has 0 bridgehead atoms.